The summed E-state index contributed by atoms with van der Waals surface area (Å²) < 4.78 is 6.30. The molecule has 0 unspecified atom stereocenters. The van der Waals surface area contributed by atoms with Gasteiger partial charge in [0, 0.05) is 48.7 Å². The maximum Gasteiger partial charge on any atom is 0.255 e. The second-order valence-electron chi connectivity index (χ2n) is 9.74. The molecule has 4 aromatic carbocycles. The number of nitrogens with zero attached hydrogens (tertiary/aromatic N) is 2. The Balaban J connectivity index is 1.33. The Kier molecular flexibility index (Phi) is 8.57. The van der Waals surface area contributed by atoms with Crippen LogP contribution in [0.5, 0.6) is 0 Å². The summed E-state index contributed by atoms with van der Waals surface area (Å²) in [5, 5.41) is 2.93. The van der Waals surface area contributed by atoms with Crippen LogP contribution in [0.2, 0.25) is 0 Å². The van der Waals surface area contributed by atoms with Crippen LogP contribution in [0.4, 0.5) is 11.4 Å². The largest absolute Gasteiger partial charge is 0.488 e. The zero-order valence-corrected chi connectivity index (χ0v) is 22.6. The van der Waals surface area contributed by atoms with Crippen molar-refractivity contribution in [2.75, 3.05) is 36.4 Å². The monoisotopic (exact) mass is 531 g/mol. The summed E-state index contributed by atoms with van der Waals surface area (Å²) in [5.41, 5.74) is 4.79. The number of carbonyl (C=O) groups excluding carboxylic acids is 2. The third-order valence-electron chi connectivity index (χ3n) is 7.02. The molecule has 0 bridgehead atoms. The van der Waals surface area contributed by atoms with Crippen LogP contribution in [0.25, 0.3) is 5.76 Å². The van der Waals surface area contributed by atoms with E-state index in [9.17, 15) is 9.59 Å². The zero-order valence-electron chi connectivity index (χ0n) is 22.6. The number of amides is 2. The van der Waals surface area contributed by atoms with Gasteiger partial charge in [0.15, 0.2) is 0 Å². The average Bonchev–Trinajstić information content (AvgIpc) is 3.03. The number of nitrogens with one attached hydrogen (secondary N) is 1. The second-order valence-corrected chi connectivity index (χ2v) is 9.74. The van der Waals surface area contributed by atoms with Gasteiger partial charge in [0.05, 0.1) is 5.57 Å². The summed E-state index contributed by atoms with van der Waals surface area (Å²) in [4.78, 5) is 30.4. The van der Waals surface area contributed by atoms with E-state index in [4.69, 9.17) is 4.74 Å². The van der Waals surface area contributed by atoms with Crippen LogP contribution < -0.4 is 10.2 Å². The van der Waals surface area contributed by atoms with Crippen LogP contribution in [0.3, 0.4) is 0 Å². The fraction of sp³-hybridized carbons (Fsp3) is 0.176. The van der Waals surface area contributed by atoms with Gasteiger partial charge in [-0.3, -0.25) is 9.59 Å². The van der Waals surface area contributed by atoms with E-state index >= 15 is 0 Å². The smallest absolute Gasteiger partial charge is 0.255 e. The van der Waals surface area contributed by atoms with E-state index in [0.717, 1.165) is 24.2 Å². The molecule has 1 fully saturated rings. The standard InChI is InChI=1S/C34H33N3O3/c1-26(34(39)37-23-21-36(22-24-37)31-15-9-4-10-16-31)32(40-25-27-11-5-2-6-12-27)28-17-19-30(20-18-28)35-33(38)29-13-7-3-8-14-29/h2-20H,21-25H2,1H3,(H,35,38)/b32-26+. The molecule has 0 spiro atoms. The number of piperazine rings is 1. The van der Waals surface area contributed by atoms with Crippen molar-refractivity contribution >= 4 is 28.9 Å². The molecule has 1 aliphatic heterocycles. The summed E-state index contributed by atoms with van der Waals surface area (Å²) in [6.07, 6.45) is 0. The molecular formula is C34H33N3O3. The van der Waals surface area contributed by atoms with Gasteiger partial charge < -0.3 is 19.9 Å². The van der Waals surface area contributed by atoms with Crippen LogP contribution in [-0.4, -0.2) is 42.9 Å². The minimum atomic E-state index is -0.176. The Hall–Kier alpha value is -4.84. The number of hydrogen-bond donors (Lipinski definition) is 1. The van der Waals surface area contributed by atoms with Gasteiger partial charge in [0.2, 0.25) is 0 Å². The van der Waals surface area contributed by atoms with Crippen LogP contribution in [0, 0.1) is 0 Å². The third kappa shape index (κ3) is 6.59. The topological polar surface area (TPSA) is 61.9 Å². The van der Waals surface area contributed by atoms with Crippen molar-refractivity contribution in [1.82, 2.24) is 4.90 Å². The number of hydrogen-bond acceptors (Lipinski definition) is 4. The molecule has 1 aliphatic rings. The lowest BCUT2D eigenvalue weighted by atomic mass is 10.1. The van der Waals surface area contributed by atoms with E-state index < -0.39 is 0 Å². The first-order valence-corrected chi connectivity index (χ1v) is 13.5. The Morgan fingerprint density at radius 3 is 1.90 bits per heavy atom. The molecule has 2 amide bonds. The van der Waals surface area contributed by atoms with Gasteiger partial charge in [-0.05, 0) is 61.0 Å². The molecule has 1 saturated heterocycles. The normalized spacial score (nSPS) is 13.8. The second kappa shape index (κ2) is 12.8. The van der Waals surface area contributed by atoms with E-state index in [0.29, 0.717) is 42.3 Å². The lowest BCUT2D eigenvalue weighted by Gasteiger charge is -2.36. The Morgan fingerprint density at radius 1 is 0.700 bits per heavy atom. The van der Waals surface area contributed by atoms with Crippen LogP contribution >= 0.6 is 0 Å². The maximum atomic E-state index is 13.6. The summed E-state index contributed by atoms with van der Waals surface area (Å²) in [5.74, 6) is 0.336. The molecule has 0 radical (unpaired) electrons. The summed E-state index contributed by atoms with van der Waals surface area (Å²) in [7, 11) is 0. The van der Waals surface area contributed by atoms with Crippen molar-refractivity contribution in [1.29, 1.82) is 0 Å². The Labute approximate surface area is 235 Å². The number of para-hydroxylation sites is 1. The third-order valence-corrected chi connectivity index (χ3v) is 7.02. The summed E-state index contributed by atoms with van der Waals surface area (Å²) in [6, 6.07) is 36.7. The number of benzene rings is 4. The average molecular weight is 532 g/mol. The van der Waals surface area contributed by atoms with E-state index in [-0.39, 0.29) is 11.8 Å². The van der Waals surface area contributed by atoms with Crippen molar-refractivity contribution in [2.24, 2.45) is 0 Å². The molecule has 0 aliphatic carbocycles. The Bertz CT molecular complexity index is 1450. The highest BCUT2D eigenvalue weighted by molar-refractivity contribution is 6.04. The van der Waals surface area contributed by atoms with Gasteiger partial charge in [-0.1, -0.05) is 66.7 Å². The Morgan fingerprint density at radius 2 is 1.27 bits per heavy atom. The fourth-order valence-corrected chi connectivity index (χ4v) is 4.78. The van der Waals surface area contributed by atoms with Gasteiger partial charge in [-0.2, -0.15) is 0 Å². The highest BCUT2D eigenvalue weighted by atomic mass is 16.5. The summed E-state index contributed by atoms with van der Waals surface area (Å²) in [6.45, 7) is 5.01. The van der Waals surface area contributed by atoms with E-state index in [1.165, 1.54) is 5.69 Å². The SMILES string of the molecule is C/C(C(=O)N1CCN(c2ccccc2)CC1)=C(\OCc1ccccc1)c1ccc(NC(=O)c2ccccc2)cc1. The van der Waals surface area contributed by atoms with Crippen molar-refractivity contribution < 1.29 is 14.3 Å². The molecule has 6 nitrogen and oxygen atoms in total. The molecule has 6 heteroatoms. The lowest BCUT2D eigenvalue weighted by Crippen LogP contribution is -2.49. The highest BCUT2D eigenvalue weighted by Crippen LogP contribution is 2.26. The summed E-state index contributed by atoms with van der Waals surface area (Å²) >= 11 is 0. The van der Waals surface area contributed by atoms with Crippen LogP contribution in [-0.2, 0) is 16.1 Å². The van der Waals surface area contributed by atoms with Crippen molar-refractivity contribution in [3.05, 3.63) is 138 Å². The molecule has 1 N–H and O–H groups in total. The van der Waals surface area contributed by atoms with Crippen molar-refractivity contribution in [3.63, 3.8) is 0 Å². The fourth-order valence-electron chi connectivity index (χ4n) is 4.78. The number of carbonyl (C=O) groups is 2. The quantitative estimate of drug-likeness (QED) is 0.216. The first kappa shape index (κ1) is 26.8. The zero-order chi connectivity index (χ0) is 27.7. The molecule has 0 atom stereocenters. The number of rotatable bonds is 8. The van der Waals surface area contributed by atoms with Gasteiger partial charge in [-0.15, -0.1) is 0 Å². The molecule has 5 rings (SSSR count). The van der Waals surface area contributed by atoms with Crippen molar-refractivity contribution in [2.45, 2.75) is 13.5 Å². The van der Waals surface area contributed by atoms with Crippen LogP contribution in [0.15, 0.2) is 121 Å². The van der Waals surface area contributed by atoms with E-state index in [1.54, 1.807) is 12.1 Å². The van der Waals surface area contributed by atoms with Gasteiger partial charge in [0.25, 0.3) is 11.8 Å². The number of ether oxygens (including phenoxy) is 1. The predicted molar refractivity (Wildman–Crippen MR) is 160 cm³/mol. The molecule has 4 aromatic rings. The molecule has 0 saturated carbocycles. The molecule has 0 aromatic heterocycles. The van der Waals surface area contributed by atoms with E-state index in [1.807, 2.05) is 103 Å². The van der Waals surface area contributed by atoms with Gasteiger partial charge in [-0.25, -0.2) is 0 Å². The molecular weight excluding hydrogens is 498 g/mol. The highest BCUT2D eigenvalue weighted by Gasteiger charge is 2.25. The number of anilines is 2. The van der Waals surface area contributed by atoms with Crippen molar-refractivity contribution in [3.8, 4) is 0 Å². The predicted octanol–water partition coefficient (Wildman–Crippen LogP) is 6.24. The minimum absolute atomic E-state index is 0.0303. The lowest BCUT2D eigenvalue weighted by molar-refractivity contribution is -0.127. The van der Waals surface area contributed by atoms with Gasteiger partial charge in [0.1, 0.15) is 12.4 Å². The first-order chi connectivity index (χ1) is 19.6. The first-order valence-electron chi connectivity index (χ1n) is 13.5. The molecule has 40 heavy (non-hydrogen) atoms. The van der Waals surface area contributed by atoms with E-state index in [2.05, 4.69) is 22.3 Å². The molecule has 1 heterocycles. The van der Waals surface area contributed by atoms with Crippen LogP contribution in [0.1, 0.15) is 28.4 Å². The maximum absolute atomic E-state index is 13.6. The van der Waals surface area contributed by atoms with Gasteiger partial charge >= 0.3 is 0 Å². The molecule has 202 valence electrons. The minimum Gasteiger partial charge on any atom is -0.488 e.